The highest BCUT2D eigenvalue weighted by Gasteiger charge is 2.34. The molecule has 0 unspecified atom stereocenters. The Kier molecular flexibility index (Phi) is 4.04. The molecule has 0 spiro atoms. The molecule has 1 aliphatic carbocycles. The number of carbonyl (C=O) groups excluding carboxylic acids is 1. The van der Waals surface area contributed by atoms with Crippen molar-refractivity contribution < 1.29 is 4.79 Å². The molecule has 1 aromatic carbocycles. The first-order chi connectivity index (χ1) is 10.0. The molecule has 0 N–H and O–H groups in total. The molecular formula is C15H15BrClN3O. The van der Waals surface area contributed by atoms with E-state index in [9.17, 15) is 4.79 Å². The number of hydrogen-bond acceptors (Lipinski definition) is 2. The minimum absolute atomic E-state index is 0.00343. The third kappa shape index (κ3) is 3.30. The number of hydrogen-bond donors (Lipinski definition) is 0. The van der Waals surface area contributed by atoms with Gasteiger partial charge in [-0.1, -0.05) is 27.5 Å². The van der Waals surface area contributed by atoms with E-state index in [1.807, 2.05) is 28.8 Å². The van der Waals surface area contributed by atoms with Gasteiger partial charge in [-0.3, -0.25) is 4.79 Å². The molecular weight excluding hydrogens is 354 g/mol. The summed E-state index contributed by atoms with van der Waals surface area (Å²) in [5.41, 5.74) is 0.607. The molecule has 1 amide bonds. The fourth-order valence-electron chi connectivity index (χ4n) is 2.30. The van der Waals surface area contributed by atoms with Crippen LogP contribution in [0.2, 0.25) is 5.02 Å². The van der Waals surface area contributed by atoms with Crippen molar-refractivity contribution in [1.29, 1.82) is 0 Å². The van der Waals surface area contributed by atoms with Crippen LogP contribution in [0.4, 0.5) is 0 Å². The number of rotatable bonds is 4. The van der Waals surface area contributed by atoms with Gasteiger partial charge >= 0.3 is 0 Å². The Balaban J connectivity index is 1.86. The predicted octanol–water partition coefficient (Wildman–Crippen LogP) is 3.64. The lowest BCUT2D eigenvalue weighted by Gasteiger charge is -2.22. The van der Waals surface area contributed by atoms with Crippen molar-refractivity contribution in [2.45, 2.75) is 25.4 Å². The number of nitrogens with zero attached hydrogens (tertiary/aromatic N) is 3. The maximum absolute atomic E-state index is 12.8. The third-order valence-corrected chi connectivity index (χ3v) is 4.27. The highest BCUT2D eigenvalue weighted by molar-refractivity contribution is 9.10. The lowest BCUT2D eigenvalue weighted by atomic mass is 10.2. The van der Waals surface area contributed by atoms with Crippen LogP contribution in [0.1, 0.15) is 29.0 Å². The van der Waals surface area contributed by atoms with Gasteiger partial charge in [-0.15, -0.1) is 0 Å². The van der Waals surface area contributed by atoms with E-state index in [2.05, 4.69) is 20.9 Å². The smallest absolute Gasteiger partial charge is 0.254 e. The average molecular weight is 369 g/mol. The topological polar surface area (TPSA) is 38.1 Å². The molecule has 6 heteroatoms. The lowest BCUT2D eigenvalue weighted by molar-refractivity contribution is 0.0724. The molecule has 2 aromatic rings. The summed E-state index contributed by atoms with van der Waals surface area (Å²) in [6.07, 6.45) is 5.75. The van der Waals surface area contributed by atoms with Crippen molar-refractivity contribution >= 4 is 33.4 Å². The molecule has 1 aliphatic rings. The number of imidazole rings is 1. The van der Waals surface area contributed by atoms with Gasteiger partial charge in [-0.25, -0.2) is 4.98 Å². The van der Waals surface area contributed by atoms with Crippen molar-refractivity contribution in [1.82, 2.24) is 14.5 Å². The van der Waals surface area contributed by atoms with Crippen LogP contribution in [-0.4, -0.2) is 26.4 Å². The van der Waals surface area contributed by atoms with Crippen LogP contribution in [0.3, 0.4) is 0 Å². The summed E-state index contributed by atoms with van der Waals surface area (Å²) in [6.45, 7) is 0.525. The molecule has 110 valence electrons. The summed E-state index contributed by atoms with van der Waals surface area (Å²) in [6, 6.07) is 5.61. The molecule has 1 fully saturated rings. The second kappa shape index (κ2) is 5.81. The van der Waals surface area contributed by atoms with E-state index >= 15 is 0 Å². The summed E-state index contributed by atoms with van der Waals surface area (Å²) in [5, 5.41) is 0.556. The minimum Gasteiger partial charge on any atom is -0.337 e. The maximum Gasteiger partial charge on any atom is 0.254 e. The molecule has 1 heterocycles. The fourth-order valence-corrected chi connectivity index (χ4v) is 3.16. The molecule has 4 nitrogen and oxygen atoms in total. The second-order valence-electron chi connectivity index (χ2n) is 5.28. The van der Waals surface area contributed by atoms with E-state index in [4.69, 9.17) is 11.6 Å². The van der Waals surface area contributed by atoms with Crippen LogP contribution < -0.4 is 0 Å². The van der Waals surface area contributed by atoms with Crippen molar-refractivity contribution in [3.05, 3.63) is 51.5 Å². The van der Waals surface area contributed by atoms with Gasteiger partial charge in [0.1, 0.15) is 5.82 Å². The minimum atomic E-state index is 0.00343. The molecule has 1 aromatic heterocycles. The van der Waals surface area contributed by atoms with Crippen LogP contribution in [0, 0.1) is 0 Å². The molecule has 1 saturated carbocycles. The zero-order chi connectivity index (χ0) is 15.0. The fraction of sp³-hybridized carbons (Fsp3) is 0.333. The zero-order valence-corrected chi connectivity index (χ0v) is 13.9. The highest BCUT2D eigenvalue weighted by atomic mass is 79.9. The first-order valence-electron chi connectivity index (χ1n) is 6.78. The summed E-state index contributed by atoms with van der Waals surface area (Å²) in [5.74, 6) is 0.889. The standard InChI is InChI=1S/C15H15BrClN3O/c1-19-5-4-18-14(19)9-20(13-2-3-13)15(21)10-6-11(16)8-12(17)7-10/h4-8,13H,2-3,9H2,1H3. The Morgan fingerprint density at radius 3 is 2.81 bits per heavy atom. The number of carbonyl (C=O) groups is 1. The number of aryl methyl sites for hydroxylation is 1. The molecule has 0 bridgehead atoms. The monoisotopic (exact) mass is 367 g/mol. The highest BCUT2D eigenvalue weighted by Crippen LogP contribution is 2.30. The Hall–Kier alpha value is -1.33. The van der Waals surface area contributed by atoms with E-state index in [0.29, 0.717) is 23.2 Å². The van der Waals surface area contributed by atoms with Gasteiger partial charge in [0.15, 0.2) is 0 Å². The first kappa shape index (κ1) is 14.6. The largest absolute Gasteiger partial charge is 0.337 e. The molecule has 0 aliphatic heterocycles. The first-order valence-corrected chi connectivity index (χ1v) is 7.95. The normalized spacial score (nSPS) is 14.2. The predicted molar refractivity (Wildman–Crippen MR) is 85.3 cm³/mol. The summed E-state index contributed by atoms with van der Waals surface area (Å²) >= 11 is 9.43. The van der Waals surface area contributed by atoms with Gasteiger partial charge < -0.3 is 9.47 Å². The Morgan fingerprint density at radius 2 is 2.24 bits per heavy atom. The SMILES string of the molecule is Cn1ccnc1CN(C(=O)c1cc(Cl)cc(Br)c1)C1CC1. The molecule has 3 rings (SSSR count). The molecule has 21 heavy (non-hydrogen) atoms. The van der Waals surface area contributed by atoms with Gasteiger partial charge in [-0.05, 0) is 31.0 Å². The van der Waals surface area contributed by atoms with Gasteiger partial charge in [0, 0.05) is 40.5 Å². The molecule has 0 radical (unpaired) electrons. The van der Waals surface area contributed by atoms with Crippen LogP contribution in [0.5, 0.6) is 0 Å². The summed E-state index contributed by atoms with van der Waals surface area (Å²) in [4.78, 5) is 19.0. The van der Waals surface area contributed by atoms with Gasteiger partial charge in [0.25, 0.3) is 5.91 Å². The van der Waals surface area contributed by atoms with E-state index < -0.39 is 0 Å². The third-order valence-electron chi connectivity index (χ3n) is 3.59. The van der Waals surface area contributed by atoms with Gasteiger partial charge in [0.2, 0.25) is 0 Å². The van der Waals surface area contributed by atoms with Crippen LogP contribution in [0.25, 0.3) is 0 Å². The van der Waals surface area contributed by atoms with E-state index in [-0.39, 0.29) is 5.91 Å². The number of halogens is 2. The van der Waals surface area contributed by atoms with Gasteiger partial charge in [-0.2, -0.15) is 0 Å². The quantitative estimate of drug-likeness (QED) is 0.826. The van der Waals surface area contributed by atoms with E-state index in [1.165, 1.54) is 0 Å². The van der Waals surface area contributed by atoms with Crippen molar-refractivity contribution in [3.63, 3.8) is 0 Å². The van der Waals surface area contributed by atoms with E-state index in [0.717, 1.165) is 23.1 Å². The van der Waals surface area contributed by atoms with Crippen molar-refractivity contribution in [2.75, 3.05) is 0 Å². The van der Waals surface area contributed by atoms with Crippen LogP contribution in [-0.2, 0) is 13.6 Å². The second-order valence-corrected chi connectivity index (χ2v) is 6.63. The van der Waals surface area contributed by atoms with Crippen LogP contribution in [0.15, 0.2) is 35.1 Å². The summed E-state index contributed by atoms with van der Waals surface area (Å²) in [7, 11) is 1.94. The number of aromatic nitrogens is 2. The average Bonchev–Trinajstić information content (AvgIpc) is 3.18. The van der Waals surface area contributed by atoms with Gasteiger partial charge in [0.05, 0.1) is 6.54 Å². The summed E-state index contributed by atoms with van der Waals surface area (Å²) < 4.78 is 2.75. The molecule has 0 saturated heterocycles. The zero-order valence-electron chi connectivity index (χ0n) is 11.6. The van der Waals surface area contributed by atoms with Crippen LogP contribution >= 0.6 is 27.5 Å². The Bertz CT molecular complexity index is 661. The van der Waals surface area contributed by atoms with Crippen molar-refractivity contribution in [2.24, 2.45) is 7.05 Å². The Morgan fingerprint density at radius 1 is 1.48 bits per heavy atom. The maximum atomic E-state index is 12.8. The number of benzene rings is 1. The van der Waals surface area contributed by atoms with E-state index in [1.54, 1.807) is 18.3 Å². The lowest BCUT2D eigenvalue weighted by Crippen LogP contribution is -2.33. The molecule has 0 atom stereocenters. The Labute approximate surface area is 136 Å². The number of amides is 1. The van der Waals surface area contributed by atoms with Crippen molar-refractivity contribution in [3.8, 4) is 0 Å².